The second-order valence-corrected chi connectivity index (χ2v) is 6.31. The maximum absolute atomic E-state index is 11.4. The average molecular weight is 223 g/mol. The van der Waals surface area contributed by atoms with Crippen LogP contribution in [-0.2, 0) is 9.84 Å². The van der Waals surface area contributed by atoms with Gasteiger partial charge in [0.2, 0.25) is 0 Å². The summed E-state index contributed by atoms with van der Waals surface area (Å²) in [5.74, 6) is 5.47. The smallest absolute Gasteiger partial charge is 0.163 e. The van der Waals surface area contributed by atoms with Crippen LogP contribution in [0.2, 0.25) is 0 Å². The Balaban J connectivity index is 3.03. The van der Waals surface area contributed by atoms with Crippen LogP contribution in [0, 0.1) is 11.8 Å². The second-order valence-electron chi connectivity index (χ2n) is 3.75. The fourth-order valence-corrected chi connectivity index (χ4v) is 0.980. The molecule has 0 saturated heterocycles. The number of nitrogens with zero attached hydrogens (tertiary/aromatic N) is 1. The number of sulfone groups is 1. The van der Waals surface area contributed by atoms with Crippen molar-refractivity contribution in [3.63, 3.8) is 0 Å². The molecule has 0 N–H and O–H groups in total. The maximum Gasteiger partial charge on any atom is 0.163 e. The average Bonchev–Trinajstić information content (AvgIpc) is 2.15. The van der Waals surface area contributed by atoms with Crippen LogP contribution < -0.4 is 0 Å². The molecular formula is C11H13NO2S. The number of rotatable bonds is 1. The second kappa shape index (κ2) is 4.03. The summed E-state index contributed by atoms with van der Waals surface area (Å²) in [6, 6.07) is 5.34. The van der Waals surface area contributed by atoms with Crippen molar-refractivity contribution in [2.24, 2.45) is 0 Å². The van der Waals surface area contributed by atoms with Crippen LogP contribution in [0.5, 0.6) is 0 Å². The third kappa shape index (κ3) is 3.07. The van der Waals surface area contributed by atoms with Crippen molar-refractivity contribution in [2.45, 2.75) is 18.6 Å². The van der Waals surface area contributed by atoms with E-state index in [1.54, 1.807) is 32.2 Å². The highest BCUT2D eigenvalue weighted by Crippen LogP contribution is 2.13. The van der Waals surface area contributed by atoms with Gasteiger partial charge in [0.25, 0.3) is 0 Å². The lowest BCUT2D eigenvalue weighted by atomic mass is 10.2. The Bertz CT molecular complexity index is 492. The minimum absolute atomic E-state index is 0.578. The molecule has 0 aliphatic rings. The maximum atomic E-state index is 11.4. The number of aromatic nitrogens is 1. The van der Waals surface area contributed by atoms with Gasteiger partial charge in [0.05, 0.1) is 0 Å². The largest absolute Gasteiger partial charge is 0.248 e. The Labute approximate surface area is 90.5 Å². The molecule has 15 heavy (non-hydrogen) atoms. The van der Waals surface area contributed by atoms with Gasteiger partial charge in [-0.25, -0.2) is 13.4 Å². The molecule has 1 aromatic rings. The van der Waals surface area contributed by atoms with Crippen molar-refractivity contribution in [2.75, 3.05) is 6.26 Å². The van der Waals surface area contributed by atoms with Gasteiger partial charge in [-0.3, -0.25) is 0 Å². The summed E-state index contributed by atoms with van der Waals surface area (Å²) in [4.78, 5) is 4.00. The summed E-state index contributed by atoms with van der Waals surface area (Å²) in [6.07, 6.45) is 2.80. The summed E-state index contributed by atoms with van der Waals surface area (Å²) in [5.41, 5.74) is 0.578. The highest BCUT2D eigenvalue weighted by atomic mass is 32.2. The monoisotopic (exact) mass is 223 g/mol. The number of hydrogen-bond donors (Lipinski definition) is 0. The van der Waals surface area contributed by atoms with E-state index < -0.39 is 14.6 Å². The van der Waals surface area contributed by atoms with Crippen LogP contribution in [0.15, 0.2) is 24.4 Å². The van der Waals surface area contributed by atoms with E-state index in [1.165, 1.54) is 6.26 Å². The van der Waals surface area contributed by atoms with Crippen LogP contribution in [0.1, 0.15) is 19.5 Å². The van der Waals surface area contributed by atoms with Crippen LogP contribution >= 0.6 is 0 Å². The highest BCUT2D eigenvalue weighted by molar-refractivity contribution is 7.92. The fourth-order valence-electron chi connectivity index (χ4n) is 0.744. The summed E-state index contributed by atoms with van der Waals surface area (Å²) in [6.45, 7) is 3.16. The van der Waals surface area contributed by atoms with Crippen LogP contribution in [0.25, 0.3) is 0 Å². The first kappa shape index (κ1) is 11.7. The van der Waals surface area contributed by atoms with Crippen LogP contribution in [0.4, 0.5) is 0 Å². The number of hydrogen-bond acceptors (Lipinski definition) is 3. The van der Waals surface area contributed by atoms with Crippen molar-refractivity contribution in [3.8, 4) is 11.8 Å². The molecule has 80 valence electrons. The van der Waals surface area contributed by atoms with Crippen molar-refractivity contribution in [1.29, 1.82) is 0 Å². The molecule has 3 nitrogen and oxygen atoms in total. The van der Waals surface area contributed by atoms with Gasteiger partial charge < -0.3 is 0 Å². The molecule has 0 radical (unpaired) electrons. The first-order valence-electron chi connectivity index (χ1n) is 4.47. The Hall–Kier alpha value is -1.34. The van der Waals surface area contributed by atoms with Gasteiger partial charge >= 0.3 is 0 Å². The summed E-state index contributed by atoms with van der Waals surface area (Å²) in [5, 5.41) is 0. The van der Waals surface area contributed by atoms with Gasteiger partial charge in [-0.05, 0) is 31.9 Å². The van der Waals surface area contributed by atoms with Crippen molar-refractivity contribution < 1.29 is 8.42 Å². The molecule has 0 fully saturated rings. The van der Waals surface area contributed by atoms with E-state index in [2.05, 4.69) is 16.8 Å². The molecule has 0 spiro atoms. The molecule has 0 aliphatic heterocycles. The van der Waals surface area contributed by atoms with Crippen molar-refractivity contribution in [1.82, 2.24) is 4.98 Å². The normalized spacial score (nSPS) is 11.7. The molecule has 0 bridgehead atoms. The molecule has 0 aliphatic carbocycles. The highest BCUT2D eigenvalue weighted by Gasteiger charge is 2.27. The molecule has 0 aromatic carbocycles. The molecule has 4 heteroatoms. The molecular weight excluding hydrogens is 210 g/mol. The van der Waals surface area contributed by atoms with E-state index in [9.17, 15) is 8.42 Å². The molecule has 0 saturated carbocycles. The third-order valence-electron chi connectivity index (χ3n) is 2.08. The zero-order chi connectivity index (χ0) is 11.5. The van der Waals surface area contributed by atoms with Crippen molar-refractivity contribution >= 4 is 9.84 Å². The molecule has 1 rings (SSSR count). The number of pyridine rings is 1. The molecule has 0 unspecified atom stereocenters. The fraction of sp³-hybridized carbons (Fsp3) is 0.364. The minimum atomic E-state index is -3.17. The van der Waals surface area contributed by atoms with Gasteiger partial charge in [-0.15, -0.1) is 0 Å². The van der Waals surface area contributed by atoms with Gasteiger partial charge in [-0.2, -0.15) is 0 Å². The van der Waals surface area contributed by atoms with Crippen molar-refractivity contribution in [3.05, 3.63) is 30.1 Å². The lowest BCUT2D eigenvalue weighted by Gasteiger charge is -2.13. The van der Waals surface area contributed by atoms with Gasteiger partial charge in [-0.1, -0.05) is 12.0 Å². The molecule has 1 aromatic heterocycles. The van der Waals surface area contributed by atoms with Crippen LogP contribution in [-0.4, -0.2) is 24.4 Å². The van der Waals surface area contributed by atoms with Gasteiger partial charge in [0, 0.05) is 12.5 Å². The van der Waals surface area contributed by atoms with E-state index in [4.69, 9.17) is 0 Å². The van der Waals surface area contributed by atoms with E-state index in [0.29, 0.717) is 5.69 Å². The van der Waals surface area contributed by atoms with Gasteiger partial charge in [0.15, 0.2) is 9.84 Å². The predicted molar refractivity (Wildman–Crippen MR) is 60.0 cm³/mol. The van der Waals surface area contributed by atoms with E-state index in [-0.39, 0.29) is 0 Å². The minimum Gasteiger partial charge on any atom is -0.248 e. The van der Waals surface area contributed by atoms with E-state index in [0.717, 1.165) is 0 Å². The molecule has 1 heterocycles. The molecule has 0 atom stereocenters. The van der Waals surface area contributed by atoms with E-state index in [1.807, 2.05) is 6.07 Å². The SMILES string of the molecule is CC(C)(C#Cc1ccccn1)S(C)(=O)=O. The lowest BCUT2D eigenvalue weighted by Crippen LogP contribution is -2.28. The zero-order valence-electron chi connectivity index (χ0n) is 8.98. The predicted octanol–water partition coefficient (Wildman–Crippen LogP) is 1.26. The molecule has 0 amide bonds. The van der Waals surface area contributed by atoms with Crippen LogP contribution in [0.3, 0.4) is 0 Å². The quantitative estimate of drug-likeness (QED) is 0.673. The first-order chi connectivity index (χ1) is 6.83. The Kier molecular flexibility index (Phi) is 3.15. The zero-order valence-corrected chi connectivity index (χ0v) is 9.80. The Morgan fingerprint density at radius 3 is 2.47 bits per heavy atom. The Morgan fingerprint density at radius 2 is 2.00 bits per heavy atom. The first-order valence-corrected chi connectivity index (χ1v) is 6.36. The lowest BCUT2D eigenvalue weighted by molar-refractivity contribution is 0.581. The summed E-state index contributed by atoms with van der Waals surface area (Å²) >= 11 is 0. The summed E-state index contributed by atoms with van der Waals surface area (Å²) < 4.78 is 21.7. The standard InChI is InChI=1S/C11H13NO2S/c1-11(2,15(3,13)14)8-7-10-6-4-5-9-12-10/h4-6,9H,1-3H3. The van der Waals surface area contributed by atoms with Gasteiger partial charge in [0.1, 0.15) is 10.4 Å². The third-order valence-corrected chi connectivity index (χ3v) is 4.04. The Morgan fingerprint density at radius 1 is 1.33 bits per heavy atom. The summed E-state index contributed by atoms with van der Waals surface area (Å²) in [7, 11) is -3.17. The topological polar surface area (TPSA) is 47.0 Å². The van der Waals surface area contributed by atoms with E-state index >= 15 is 0 Å².